The Bertz CT molecular complexity index is 919. The molecule has 0 unspecified atom stereocenters. The molecule has 0 atom stereocenters. The van der Waals surface area contributed by atoms with E-state index in [4.69, 9.17) is 4.74 Å². The number of fused-ring (bicyclic) bond motifs is 1. The Labute approximate surface area is 146 Å². The lowest BCUT2D eigenvalue weighted by Gasteiger charge is -2.24. The van der Waals surface area contributed by atoms with Crippen LogP contribution in [0.4, 0.5) is 5.69 Å². The van der Waals surface area contributed by atoms with Crippen LogP contribution in [0.25, 0.3) is 10.9 Å². The van der Waals surface area contributed by atoms with Gasteiger partial charge in [-0.1, -0.05) is 0 Å². The summed E-state index contributed by atoms with van der Waals surface area (Å²) < 4.78 is 7.29. The van der Waals surface area contributed by atoms with Gasteiger partial charge in [-0.2, -0.15) is 5.10 Å². The minimum Gasteiger partial charge on any atom is -0.381 e. The Balaban J connectivity index is 1.60. The molecule has 3 aromatic rings. The molecule has 0 aliphatic carbocycles. The van der Waals surface area contributed by atoms with Crippen molar-refractivity contribution < 1.29 is 9.53 Å². The molecule has 0 saturated carbocycles. The van der Waals surface area contributed by atoms with Crippen LogP contribution in [0.5, 0.6) is 0 Å². The van der Waals surface area contributed by atoms with Gasteiger partial charge in [-0.25, -0.2) is 0 Å². The van der Waals surface area contributed by atoms with Crippen molar-refractivity contribution >= 4 is 22.5 Å². The average molecular weight is 338 g/mol. The summed E-state index contributed by atoms with van der Waals surface area (Å²) in [5.41, 5.74) is 4.48. The number of hydrogen-bond acceptors (Lipinski definition) is 3. The van der Waals surface area contributed by atoms with Crippen molar-refractivity contribution in [1.29, 1.82) is 0 Å². The predicted octanol–water partition coefficient (Wildman–Crippen LogP) is 3.59. The van der Waals surface area contributed by atoms with Crippen LogP contribution in [-0.4, -0.2) is 33.9 Å². The highest BCUT2D eigenvalue weighted by Gasteiger charge is 2.23. The van der Waals surface area contributed by atoms with Crippen molar-refractivity contribution in [1.82, 2.24) is 14.8 Å². The van der Waals surface area contributed by atoms with Gasteiger partial charge in [0.1, 0.15) is 5.69 Å². The number of aromatic nitrogens is 3. The molecule has 4 rings (SSSR count). The monoisotopic (exact) mass is 338 g/mol. The van der Waals surface area contributed by atoms with E-state index in [2.05, 4.69) is 15.4 Å². The molecule has 2 N–H and O–H groups in total. The SMILES string of the molecule is Cc1cc(C(=O)Nc2ccc3[nH]cc(C)c3c2)n(C2CCOCC2)n1. The van der Waals surface area contributed by atoms with Gasteiger partial charge in [-0.3, -0.25) is 9.48 Å². The Morgan fingerprint density at radius 3 is 2.88 bits per heavy atom. The van der Waals surface area contributed by atoms with Gasteiger partial charge in [0.05, 0.1) is 11.7 Å². The van der Waals surface area contributed by atoms with Crippen LogP contribution in [0.1, 0.15) is 40.6 Å². The fraction of sp³-hybridized carbons (Fsp3) is 0.368. The molecular formula is C19H22N4O2. The molecule has 0 radical (unpaired) electrons. The van der Waals surface area contributed by atoms with Crippen molar-refractivity contribution in [2.75, 3.05) is 18.5 Å². The second kappa shape index (κ2) is 6.37. The summed E-state index contributed by atoms with van der Waals surface area (Å²) in [5.74, 6) is -0.125. The molecule has 6 heteroatoms. The molecule has 1 amide bonds. The standard InChI is InChI=1S/C19H22N4O2/c1-12-11-20-17-4-3-14(10-16(12)17)21-19(24)18-9-13(2)22-23(18)15-5-7-25-8-6-15/h3-4,9-11,15,20H,5-8H2,1-2H3,(H,21,24). The van der Waals surface area contributed by atoms with Crippen LogP contribution in [0.15, 0.2) is 30.5 Å². The number of nitrogens with one attached hydrogen (secondary N) is 2. The molecule has 130 valence electrons. The van der Waals surface area contributed by atoms with Crippen LogP contribution in [0.2, 0.25) is 0 Å². The van der Waals surface area contributed by atoms with E-state index in [0.29, 0.717) is 18.9 Å². The van der Waals surface area contributed by atoms with E-state index in [9.17, 15) is 4.79 Å². The molecule has 0 spiro atoms. The predicted molar refractivity (Wildman–Crippen MR) is 97.0 cm³/mol. The highest BCUT2D eigenvalue weighted by Crippen LogP contribution is 2.25. The van der Waals surface area contributed by atoms with E-state index in [-0.39, 0.29) is 11.9 Å². The fourth-order valence-corrected chi connectivity index (χ4v) is 3.43. The van der Waals surface area contributed by atoms with E-state index in [1.54, 1.807) is 0 Å². The summed E-state index contributed by atoms with van der Waals surface area (Å²) in [6.45, 7) is 5.40. The zero-order valence-electron chi connectivity index (χ0n) is 14.5. The Kier molecular flexibility index (Phi) is 4.05. The van der Waals surface area contributed by atoms with Crippen molar-refractivity contribution in [3.63, 3.8) is 0 Å². The summed E-state index contributed by atoms with van der Waals surface area (Å²) in [5, 5.41) is 8.68. The Hall–Kier alpha value is -2.60. The number of carbonyl (C=O) groups excluding carboxylic acids is 1. The summed E-state index contributed by atoms with van der Waals surface area (Å²) in [4.78, 5) is 16.1. The molecule has 1 aromatic carbocycles. The molecule has 25 heavy (non-hydrogen) atoms. The molecule has 6 nitrogen and oxygen atoms in total. The second-order valence-electron chi connectivity index (χ2n) is 6.65. The Morgan fingerprint density at radius 2 is 2.08 bits per heavy atom. The van der Waals surface area contributed by atoms with E-state index in [1.807, 2.05) is 49.0 Å². The zero-order valence-corrected chi connectivity index (χ0v) is 14.5. The average Bonchev–Trinajstić information content (AvgIpc) is 3.19. The van der Waals surface area contributed by atoms with Crippen LogP contribution < -0.4 is 5.32 Å². The van der Waals surface area contributed by atoms with Crippen molar-refractivity contribution in [2.24, 2.45) is 0 Å². The van der Waals surface area contributed by atoms with Gasteiger partial charge in [-0.15, -0.1) is 0 Å². The number of aryl methyl sites for hydroxylation is 2. The molecule has 1 fully saturated rings. The number of ether oxygens (including phenoxy) is 1. The number of benzene rings is 1. The number of carbonyl (C=O) groups is 1. The molecule has 1 aliphatic heterocycles. The van der Waals surface area contributed by atoms with Crippen LogP contribution in [0, 0.1) is 13.8 Å². The molecular weight excluding hydrogens is 316 g/mol. The number of H-pyrrole nitrogens is 1. The minimum atomic E-state index is -0.125. The van der Waals surface area contributed by atoms with Crippen LogP contribution >= 0.6 is 0 Å². The summed E-state index contributed by atoms with van der Waals surface area (Å²) in [7, 11) is 0. The maximum atomic E-state index is 12.8. The van der Waals surface area contributed by atoms with Crippen LogP contribution in [0.3, 0.4) is 0 Å². The lowest BCUT2D eigenvalue weighted by atomic mass is 10.1. The number of nitrogens with zero attached hydrogens (tertiary/aromatic N) is 2. The van der Waals surface area contributed by atoms with Gasteiger partial charge < -0.3 is 15.0 Å². The molecule has 2 aromatic heterocycles. The third kappa shape index (κ3) is 3.05. The second-order valence-corrected chi connectivity index (χ2v) is 6.65. The topological polar surface area (TPSA) is 71.9 Å². The van der Waals surface area contributed by atoms with E-state index >= 15 is 0 Å². The zero-order chi connectivity index (χ0) is 17.4. The number of hydrogen-bond donors (Lipinski definition) is 2. The largest absolute Gasteiger partial charge is 0.381 e. The lowest BCUT2D eigenvalue weighted by Crippen LogP contribution is -2.25. The first-order valence-electron chi connectivity index (χ1n) is 8.65. The van der Waals surface area contributed by atoms with E-state index in [1.165, 1.54) is 0 Å². The van der Waals surface area contributed by atoms with Gasteiger partial charge in [0.2, 0.25) is 0 Å². The normalized spacial score (nSPS) is 15.6. The fourth-order valence-electron chi connectivity index (χ4n) is 3.43. The molecule has 1 saturated heterocycles. The minimum absolute atomic E-state index is 0.125. The Morgan fingerprint density at radius 1 is 1.28 bits per heavy atom. The quantitative estimate of drug-likeness (QED) is 0.766. The highest BCUT2D eigenvalue weighted by molar-refractivity contribution is 6.04. The first-order valence-corrected chi connectivity index (χ1v) is 8.65. The third-order valence-electron chi connectivity index (χ3n) is 4.77. The number of rotatable bonds is 3. The smallest absolute Gasteiger partial charge is 0.273 e. The van der Waals surface area contributed by atoms with Gasteiger partial charge in [0.15, 0.2) is 0 Å². The van der Waals surface area contributed by atoms with Crippen LogP contribution in [-0.2, 0) is 4.74 Å². The van der Waals surface area contributed by atoms with Gasteiger partial charge in [0, 0.05) is 36.0 Å². The van der Waals surface area contributed by atoms with E-state index < -0.39 is 0 Å². The number of aromatic amines is 1. The third-order valence-corrected chi connectivity index (χ3v) is 4.77. The maximum absolute atomic E-state index is 12.8. The first kappa shape index (κ1) is 15.9. The lowest BCUT2D eigenvalue weighted by molar-refractivity contribution is 0.0646. The molecule has 3 heterocycles. The number of amides is 1. The number of anilines is 1. The van der Waals surface area contributed by atoms with Crippen molar-refractivity contribution in [2.45, 2.75) is 32.7 Å². The van der Waals surface area contributed by atoms with E-state index in [0.717, 1.165) is 40.7 Å². The highest BCUT2D eigenvalue weighted by atomic mass is 16.5. The van der Waals surface area contributed by atoms with Gasteiger partial charge >= 0.3 is 0 Å². The summed E-state index contributed by atoms with van der Waals surface area (Å²) in [6.07, 6.45) is 3.74. The van der Waals surface area contributed by atoms with Gasteiger partial charge in [0.25, 0.3) is 5.91 Å². The molecule has 1 aliphatic rings. The maximum Gasteiger partial charge on any atom is 0.273 e. The van der Waals surface area contributed by atoms with Crippen molar-refractivity contribution in [3.8, 4) is 0 Å². The van der Waals surface area contributed by atoms with Crippen molar-refractivity contribution in [3.05, 3.63) is 47.4 Å². The first-order chi connectivity index (χ1) is 12.1. The summed E-state index contributed by atoms with van der Waals surface area (Å²) in [6, 6.07) is 7.97. The summed E-state index contributed by atoms with van der Waals surface area (Å²) >= 11 is 0. The van der Waals surface area contributed by atoms with Gasteiger partial charge in [-0.05, 0) is 56.5 Å². The molecule has 0 bridgehead atoms.